The van der Waals surface area contributed by atoms with E-state index in [2.05, 4.69) is 15.0 Å². The van der Waals surface area contributed by atoms with Crippen LogP contribution in [-0.2, 0) is 17.8 Å². The fourth-order valence-corrected chi connectivity index (χ4v) is 5.38. The van der Waals surface area contributed by atoms with E-state index in [1.165, 1.54) is 5.56 Å². The molecule has 1 aromatic heterocycles. The van der Waals surface area contributed by atoms with E-state index in [1.807, 2.05) is 23.7 Å². The molecule has 3 aliphatic rings. The minimum atomic E-state index is -0.140. The van der Waals surface area contributed by atoms with Crippen molar-refractivity contribution in [2.24, 2.45) is 5.92 Å². The van der Waals surface area contributed by atoms with Crippen LogP contribution in [0.3, 0.4) is 0 Å². The first-order valence-electron chi connectivity index (χ1n) is 10.0. The topological polar surface area (TPSA) is 51.0 Å². The second-order valence-corrected chi connectivity index (χ2v) is 8.40. The Bertz CT molecular complexity index is 865. The van der Waals surface area contributed by atoms with Gasteiger partial charge in [-0.25, -0.2) is 14.1 Å². The summed E-state index contributed by atoms with van der Waals surface area (Å²) in [4.78, 5) is 19.8. The molecular formula is C21H25FN4O. The van der Waals surface area contributed by atoms with Gasteiger partial charge in [0.05, 0.1) is 12.5 Å². The molecule has 2 bridgehead atoms. The van der Waals surface area contributed by atoms with Crippen molar-refractivity contribution in [1.82, 2.24) is 19.7 Å². The number of fused-ring (bicyclic) bond motifs is 3. The highest BCUT2D eigenvalue weighted by molar-refractivity contribution is 5.80. The molecule has 27 heavy (non-hydrogen) atoms. The molecule has 2 fully saturated rings. The number of aromatic nitrogens is 3. The van der Waals surface area contributed by atoms with Crippen LogP contribution in [0.4, 0.5) is 4.39 Å². The van der Waals surface area contributed by atoms with E-state index >= 15 is 0 Å². The highest BCUT2D eigenvalue weighted by atomic mass is 19.1. The fourth-order valence-electron chi connectivity index (χ4n) is 5.38. The maximum absolute atomic E-state index is 13.6. The van der Waals surface area contributed by atoms with Gasteiger partial charge in [0.25, 0.3) is 0 Å². The van der Waals surface area contributed by atoms with E-state index in [0.29, 0.717) is 36.0 Å². The third-order valence-corrected chi connectivity index (χ3v) is 6.80. The average molecular weight is 368 g/mol. The highest BCUT2D eigenvalue weighted by Gasteiger charge is 2.45. The normalized spacial score (nSPS) is 29.6. The molecule has 1 aromatic carbocycles. The Morgan fingerprint density at radius 3 is 2.70 bits per heavy atom. The molecule has 0 N–H and O–H groups in total. The number of carbonyl (C=O) groups is 1. The molecule has 4 atom stereocenters. The number of aryl methyl sites for hydroxylation is 2. The molecule has 0 spiro atoms. The number of nitrogens with zero attached hydrogens (tertiary/aromatic N) is 4. The zero-order valence-corrected chi connectivity index (χ0v) is 15.6. The first kappa shape index (κ1) is 16.9. The van der Waals surface area contributed by atoms with Gasteiger partial charge in [0.15, 0.2) is 0 Å². The SMILES string of the molecule is Cc1cc(C2C[C@H]3CC[C@@H](C2)N3C(=O)C2CCc3ncnn3C2)ccc1F. The third-order valence-electron chi connectivity index (χ3n) is 6.80. The van der Waals surface area contributed by atoms with Crippen molar-refractivity contribution in [3.8, 4) is 0 Å². The van der Waals surface area contributed by atoms with Crippen LogP contribution in [0.25, 0.3) is 0 Å². The van der Waals surface area contributed by atoms with E-state index in [0.717, 1.165) is 44.3 Å². The number of rotatable bonds is 2. The minimum absolute atomic E-state index is 0.0203. The van der Waals surface area contributed by atoms with Crippen molar-refractivity contribution < 1.29 is 9.18 Å². The van der Waals surface area contributed by atoms with Crippen molar-refractivity contribution in [1.29, 1.82) is 0 Å². The number of carbonyl (C=O) groups excluding carboxylic acids is 1. The standard InChI is InChI=1S/C21H25FN4O/c1-13-8-14(2-6-19(13)22)16-9-17-4-5-18(10-16)26(17)21(27)15-3-7-20-23-12-24-25(20)11-15/h2,6,8,12,15-18H,3-5,7,9-11H2,1H3/t15?,16?,17-,18+. The lowest BCUT2D eigenvalue weighted by Gasteiger charge is -2.41. The predicted molar refractivity (Wildman–Crippen MR) is 98.6 cm³/mol. The van der Waals surface area contributed by atoms with Crippen LogP contribution in [0.15, 0.2) is 24.5 Å². The van der Waals surface area contributed by atoms with E-state index < -0.39 is 0 Å². The Hall–Kier alpha value is -2.24. The molecule has 0 radical (unpaired) electrons. The molecule has 5 nitrogen and oxygen atoms in total. The van der Waals surface area contributed by atoms with Gasteiger partial charge >= 0.3 is 0 Å². The number of benzene rings is 1. The second kappa shape index (κ2) is 6.43. The quantitative estimate of drug-likeness (QED) is 0.818. The first-order valence-corrected chi connectivity index (χ1v) is 10.0. The summed E-state index contributed by atoms with van der Waals surface area (Å²) in [6.45, 7) is 2.48. The number of piperidine rings is 1. The lowest BCUT2D eigenvalue weighted by molar-refractivity contribution is -0.141. The van der Waals surface area contributed by atoms with Crippen molar-refractivity contribution in [3.05, 3.63) is 47.3 Å². The molecule has 1 amide bonds. The van der Waals surface area contributed by atoms with Gasteiger partial charge in [-0.3, -0.25) is 4.79 Å². The van der Waals surface area contributed by atoms with Crippen molar-refractivity contribution in [3.63, 3.8) is 0 Å². The lowest BCUT2D eigenvalue weighted by atomic mass is 9.83. The van der Waals surface area contributed by atoms with Crippen LogP contribution in [0.2, 0.25) is 0 Å². The van der Waals surface area contributed by atoms with Crippen molar-refractivity contribution in [2.75, 3.05) is 0 Å². The van der Waals surface area contributed by atoms with Gasteiger partial charge in [-0.1, -0.05) is 12.1 Å². The fraction of sp³-hybridized carbons (Fsp3) is 0.571. The summed E-state index contributed by atoms with van der Waals surface area (Å²) in [6.07, 6.45) is 7.46. The van der Waals surface area contributed by atoms with E-state index in [4.69, 9.17) is 0 Å². The summed E-state index contributed by atoms with van der Waals surface area (Å²) in [5.74, 6) is 1.61. The van der Waals surface area contributed by atoms with Crippen LogP contribution in [0.1, 0.15) is 55.0 Å². The molecule has 0 saturated carbocycles. The van der Waals surface area contributed by atoms with Crippen molar-refractivity contribution >= 4 is 5.91 Å². The Balaban J connectivity index is 1.32. The van der Waals surface area contributed by atoms with Crippen LogP contribution in [0, 0.1) is 18.7 Å². The summed E-state index contributed by atoms with van der Waals surface area (Å²) in [6, 6.07) is 6.15. The van der Waals surface area contributed by atoms with E-state index in [-0.39, 0.29) is 11.7 Å². The average Bonchev–Trinajstić information content (AvgIpc) is 3.24. The molecule has 2 aromatic rings. The Morgan fingerprint density at radius 2 is 1.96 bits per heavy atom. The van der Waals surface area contributed by atoms with E-state index in [1.54, 1.807) is 12.4 Å². The maximum Gasteiger partial charge on any atom is 0.228 e. The Labute approximate surface area is 158 Å². The van der Waals surface area contributed by atoms with Crippen molar-refractivity contribution in [2.45, 2.75) is 70.0 Å². The van der Waals surface area contributed by atoms with Gasteiger partial charge in [0, 0.05) is 18.5 Å². The summed E-state index contributed by atoms with van der Waals surface area (Å²) in [5.41, 5.74) is 1.94. The third kappa shape index (κ3) is 2.86. The van der Waals surface area contributed by atoms with Gasteiger partial charge in [-0.05, 0) is 62.1 Å². The van der Waals surface area contributed by atoms with E-state index in [9.17, 15) is 9.18 Å². The molecule has 5 rings (SSSR count). The lowest BCUT2D eigenvalue weighted by Crippen LogP contribution is -2.49. The maximum atomic E-state index is 13.6. The summed E-state index contributed by atoms with van der Waals surface area (Å²) in [7, 11) is 0. The largest absolute Gasteiger partial charge is 0.336 e. The number of hydrogen-bond acceptors (Lipinski definition) is 3. The molecule has 4 heterocycles. The number of hydrogen-bond donors (Lipinski definition) is 0. The van der Waals surface area contributed by atoms with Crippen LogP contribution in [-0.4, -0.2) is 37.7 Å². The molecule has 2 saturated heterocycles. The first-order chi connectivity index (χ1) is 13.1. The predicted octanol–water partition coefficient (Wildman–Crippen LogP) is 3.23. The molecular weight excluding hydrogens is 343 g/mol. The zero-order valence-electron chi connectivity index (χ0n) is 15.6. The molecule has 6 heteroatoms. The molecule has 2 unspecified atom stereocenters. The van der Waals surface area contributed by atoms with Crippen LogP contribution >= 0.6 is 0 Å². The smallest absolute Gasteiger partial charge is 0.228 e. The highest BCUT2D eigenvalue weighted by Crippen LogP contribution is 2.44. The monoisotopic (exact) mass is 368 g/mol. The number of halogens is 1. The van der Waals surface area contributed by atoms with Gasteiger partial charge in [-0.2, -0.15) is 5.10 Å². The van der Waals surface area contributed by atoms with Gasteiger partial charge in [0.2, 0.25) is 5.91 Å². The minimum Gasteiger partial charge on any atom is -0.336 e. The number of amides is 1. The van der Waals surface area contributed by atoms with Gasteiger partial charge in [0.1, 0.15) is 18.0 Å². The second-order valence-electron chi connectivity index (χ2n) is 8.40. The van der Waals surface area contributed by atoms with Crippen LogP contribution < -0.4 is 0 Å². The Morgan fingerprint density at radius 1 is 1.19 bits per heavy atom. The summed E-state index contributed by atoms with van der Waals surface area (Å²) >= 11 is 0. The van der Waals surface area contributed by atoms with Gasteiger partial charge < -0.3 is 4.90 Å². The zero-order chi connectivity index (χ0) is 18.5. The Kier molecular flexibility index (Phi) is 4.02. The summed E-state index contributed by atoms with van der Waals surface area (Å²) in [5, 5.41) is 4.26. The summed E-state index contributed by atoms with van der Waals surface area (Å²) < 4.78 is 15.5. The van der Waals surface area contributed by atoms with Gasteiger partial charge in [-0.15, -0.1) is 0 Å². The molecule has 142 valence electrons. The molecule has 3 aliphatic heterocycles. The molecule has 0 aliphatic carbocycles. The van der Waals surface area contributed by atoms with Crippen LogP contribution in [0.5, 0.6) is 0 Å².